The molecule has 19 heavy (non-hydrogen) atoms. The highest BCUT2D eigenvalue weighted by atomic mass is 79.9. The Hall–Kier alpha value is -1.75. The molecule has 0 saturated heterocycles. The van der Waals surface area contributed by atoms with Crippen LogP contribution in [0.4, 0.5) is 5.69 Å². The molecule has 100 valence electrons. The zero-order valence-corrected chi connectivity index (χ0v) is 12.5. The third-order valence-corrected chi connectivity index (χ3v) is 3.21. The molecule has 1 N–H and O–H groups in total. The molecular formula is C14H14BrNO3. The van der Waals surface area contributed by atoms with E-state index in [4.69, 9.17) is 9.15 Å². The third-order valence-electron chi connectivity index (χ3n) is 2.79. The average molecular weight is 324 g/mol. The fourth-order valence-electron chi connectivity index (χ4n) is 1.76. The normalized spacial score (nSPS) is 10.3. The van der Waals surface area contributed by atoms with Gasteiger partial charge < -0.3 is 14.5 Å². The van der Waals surface area contributed by atoms with Crippen molar-refractivity contribution < 1.29 is 13.9 Å². The topological polar surface area (TPSA) is 51.5 Å². The van der Waals surface area contributed by atoms with Gasteiger partial charge in [0.25, 0.3) is 5.91 Å². The minimum atomic E-state index is -0.279. The molecule has 4 nitrogen and oxygen atoms in total. The number of halogens is 1. The molecule has 1 aromatic carbocycles. The molecule has 1 amide bonds. The number of hydrogen-bond donors (Lipinski definition) is 1. The molecule has 0 aliphatic rings. The van der Waals surface area contributed by atoms with E-state index < -0.39 is 0 Å². The Bertz CT molecular complexity index is 619. The Kier molecular flexibility index (Phi) is 3.95. The lowest BCUT2D eigenvalue weighted by Gasteiger charge is -2.11. The first-order chi connectivity index (χ1) is 9.01. The van der Waals surface area contributed by atoms with Crippen LogP contribution in [0.5, 0.6) is 5.75 Å². The van der Waals surface area contributed by atoms with Gasteiger partial charge in [-0.1, -0.05) is 0 Å². The lowest BCUT2D eigenvalue weighted by atomic mass is 10.1. The first-order valence-corrected chi connectivity index (χ1v) is 6.52. The highest BCUT2D eigenvalue weighted by Gasteiger charge is 2.13. The van der Waals surface area contributed by atoms with Gasteiger partial charge in [-0.3, -0.25) is 4.79 Å². The number of rotatable bonds is 3. The summed E-state index contributed by atoms with van der Waals surface area (Å²) in [5.41, 5.74) is 2.64. The monoisotopic (exact) mass is 323 g/mol. The van der Waals surface area contributed by atoms with Crippen molar-refractivity contribution in [2.24, 2.45) is 0 Å². The summed E-state index contributed by atoms with van der Waals surface area (Å²) in [5.74, 6) is 0.786. The Balaban J connectivity index is 2.24. The molecule has 0 spiro atoms. The van der Waals surface area contributed by atoms with Crippen LogP contribution in [0.25, 0.3) is 0 Å². The van der Waals surface area contributed by atoms with Crippen molar-refractivity contribution in [2.75, 3.05) is 12.4 Å². The average Bonchev–Trinajstić information content (AvgIpc) is 2.80. The maximum absolute atomic E-state index is 12.0. The van der Waals surface area contributed by atoms with Crippen molar-refractivity contribution in [2.45, 2.75) is 13.8 Å². The summed E-state index contributed by atoms with van der Waals surface area (Å²) in [6, 6.07) is 7.07. The lowest BCUT2D eigenvalue weighted by Crippen LogP contribution is -2.12. The maximum atomic E-state index is 12.0. The summed E-state index contributed by atoms with van der Waals surface area (Å²) in [4.78, 5) is 12.0. The molecule has 0 aliphatic heterocycles. The molecule has 1 aromatic heterocycles. The summed E-state index contributed by atoms with van der Waals surface area (Å²) >= 11 is 3.17. The molecule has 5 heteroatoms. The molecule has 0 fully saturated rings. The molecular weight excluding hydrogens is 310 g/mol. The van der Waals surface area contributed by atoms with E-state index in [0.717, 1.165) is 22.6 Å². The van der Waals surface area contributed by atoms with Gasteiger partial charge in [0.1, 0.15) is 5.75 Å². The van der Waals surface area contributed by atoms with Crippen molar-refractivity contribution >= 4 is 27.5 Å². The number of nitrogens with one attached hydrogen (secondary N) is 1. The summed E-state index contributed by atoms with van der Waals surface area (Å²) in [6.07, 6.45) is 0. The fraction of sp³-hybridized carbons (Fsp3) is 0.214. The quantitative estimate of drug-likeness (QED) is 0.931. The highest BCUT2D eigenvalue weighted by molar-refractivity contribution is 9.10. The van der Waals surface area contributed by atoms with Crippen molar-refractivity contribution in [1.82, 2.24) is 0 Å². The van der Waals surface area contributed by atoms with Gasteiger partial charge in [0.2, 0.25) is 0 Å². The summed E-state index contributed by atoms with van der Waals surface area (Å²) < 4.78 is 11.0. The van der Waals surface area contributed by atoms with Crippen LogP contribution in [-0.2, 0) is 0 Å². The van der Waals surface area contributed by atoms with E-state index in [2.05, 4.69) is 21.2 Å². The Morgan fingerprint density at radius 1 is 1.26 bits per heavy atom. The van der Waals surface area contributed by atoms with Crippen molar-refractivity contribution in [1.29, 1.82) is 0 Å². The van der Waals surface area contributed by atoms with Gasteiger partial charge in [-0.2, -0.15) is 0 Å². The second-order valence-corrected chi connectivity index (χ2v) is 4.98. The highest BCUT2D eigenvalue weighted by Crippen LogP contribution is 2.26. The Morgan fingerprint density at radius 3 is 2.58 bits per heavy atom. The zero-order chi connectivity index (χ0) is 14.0. The van der Waals surface area contributed by atoms with Gasteiger partial charge in [-0.15, -0.1) is 0 Å². The predicted octanol–water partition coefficient (Wildman–Crippen LogP) is 3.92. The molecule has 2 rings (SSSR count). The van der Waals surface area contributed by atoms with Crippen molar-refractivity contribution in [3.8, 4) is 5.75 Å². The van der Waals surface area contributed by atoms with Gasteiger partial charge in [-0.25, -0.2) is 0 Å². The first-order valence-electron chi connectivity index (χ1n) is 5.73. The Labute approximate surface area is 119 Å². The molecule has 2 aromatic rings. The first kappa shape index (κ1) is 13.7. The van der Waals surface area contributed by atoms with E-state index in [-0.39, 0.29) is 11.7 Å². The van der Waals surface area contributed by atoms with Gasteiger partial charge in [0, 0.05) is 5.69 Å². The van der Waals surface area contributed by atoms with E-state index in [9.17, 15) is 4.79 Å². The van der Waals surface area contributed by atoms with Gasteiger partial charge in [0.05, 0.1) is 7.11 Å². The van der Waals surface area contributed by atoms with Gasteiger partial charge in [0.15, 0.2) is 10.4 Å². The van der Waals surface area contributed by atoms with E-state index in [1.54, 1.807) is 19.2 Å². The van der Waals surface area contributed by atoms with Crippen molar-refractivity contribution in [3.63, 3.8) is 0 Å². The molecule has 0 bridgehead atoms. The van der Waals surface area contributed by atoms with Gasteiger partial charge in [-0.05, 0) is 65.2 Å². The number of amides is 1. The number of hydrogen-bond acceptors (Lipinski definition) is 3. The van der Waals surface area contributed by atoms with Gasteiger partial charge >= 0.3 is 0 Å². The minimum Gasteiger partial charge on any atom is -0.496 e. The maximum Gasteiger partial charge on any atom is 0.291 e. The summed E-state index contributed by atoms with van der Waals surface area (Å²) in [7, 11) is 1.63. The van der Waals surface area contributed by atoms with E-state index in [0.29, 0.717) is 4.67 Å². The second-order valence-electron chi connectivity index (χ2n) is 4.19. The lowest BCUT2D eigenvalue weighted by molar-refractivity contribution is 0.0995. The largest absolute Gasteiger partial charge is 0.496 e. The van der Waals surface area contributed by atoms with E-state index >= 15 is 0 Å². The van der Waals surface area contributed by atoms with Crippen LogP contribution in [0.1, 0.15) is 21.7 Å². The van der Waals surface area contributed by atoms with E-state index in [1.807, 2.05) is 26.0 Å². The number of aryl methyl sites for hydroxylation is 2. The van der Waals surface area contributed by atoms with E-state index in [1.165, 1.54) is 0 Å². The van der Waals surface area contributed by atoms with Crippen LogP contribution in [0.15, 0.2) is 33.4 Å². The van der Waals surface area contributed by atoms with Crippen LogP contribution >= 0.6 is 15.9 Å². The zero-order valence-electron chi connectivity index (χ0n) is 10.9. The summed E-state index contributed by atoms with van der Waals surface area (Å²) in [5, 5.41) is 2.82. The molecule has 1 heterocycles. The Morgan fingerprint density at radius 2 is 2.00 bits per heavy atom. The summed E-state index contributed by atoms with van der Waals surface area (Å²) in [6.45, 7) is 3.84. The van der Waals surface area contributed by atoms with Crippen LogP contribution in [-0.4, -0.2) is 13.0 Å². The molecule has 0 radical (unpaired) electrons. The fourth-order valence-corrected chi connectivity index (χ4v) is 2.07. The van der Waals surface area contributed by atoms with Crippen LogP contribution in [0.3, 0.4) is 0 Å². The number of furan rings is 1. The number of carbonyl (C=O) groups excluding carboxylic acids is 1. The second kappa shape index (κ2) is 5.48. The molecule has 0 aliphatic carbocycles. The number of carbonyl (C=O) groups is 1. The van der Waals surface area contributed by atoms with Crippen LogP contribution in [0.2, 0.25) is 0 Å². The minimum absolute atomic E-state index is 0.264. The standard InChI is InChI=1S/C14H14BrNO3/c1-8-7-12(18-3)9(2)6-10(8)16-14(17)11-4-5-13(15)19-11/h4-7H,1-3H3,(H,16,17). The predicted molar refractivity (Wildman–Crippen MR) is 76.8 cm³/mol. The smallest absolute Gasteiger partial charge is 0.291 e. The SMILES string of the molecule is COc1cc(C)c(NC(=O)c2ccc(Br)o2)cc1C. The number of anilines is 1. The third kappa shape index (κ3) is 2.98. The molecule has 0 atom stereocenters. The number of methoxy groups -OCH3 is 1. The molecule has 0 saturated carbocycles. The van der Waals surface area contributed by atoms with Crippen LogP contribution < -0.4 is 10.1 Å². The van der Waals surface area contributed by atoms with Crippen molar-refractivity contribution in [3.05, 3.63) is 45.8 Å². The number of benzene rings is 1. The molecule has 0 unspecified atom stereocenters. The van der Waals surface area contributed by atoms with Crippen LogP contribution in [0, 0.1) is 13.8 Å². The number of ether oxygens (including phenoxy) is 1.